The van der Waals surface area contributed by atoms with E-state index in [9.17, 15) is 5.11 Å². The molecular formula is C17H12N4O. The van der Waals surface area contributed by atoms with E-state index >= 15 is 0 Å². The highest BCUT2D eigenvalue weighted by Gasteiger charge is 2.13. The van der Waals surface area contributed by atoms with Gasteiger partial charge in [0, 0.05) is 22.4 Å². The van der Waals surface area contributed by atoms with E-state index in [1.165, 1.54) is 4.68 Å². The Bertz CT molecular complexity index is 942. The van der Waals surface area contributed by atoms with Crippen LogP contribution in [0.4, 0.5) is 0 Å². The molecular weight excluding hydrogens is 276 g/mol. The molecule has 106 valence electrons. The largest absolute Gasteiger partial charge is 0.493 e. The highest BCUT2D eigenvalue weighted by atomic mass is 16.3. The molecule has 4 rings (SSSR count). The van der Waals surface area contributed by atoms with Gasteiger partial charge in [0.25, 0.3) is 0 Å². The van der Waals surface area contributed by atoms with Crippen LogP contribution in [-0.2, 0) is 0 Å². The molecule has 2 aromatic carbocycles. The van der Waals surface area contributed by atoms with Crippen LogP contribution in [0.5, 0.6) is 5.88 Å². The molecule has 0 aliphatic rings. The summed E-state index contributed by atoms with van der Waals surface area (Å²) in [5.41, 5.74) is 1.62. The van der Waals surface area contributed by atoms with Crippen LogP contribution in [0.1, 0.15) is 0 Å². The normalized spacial score (nSPS) is 10.9. The summed E-state index contributed by atoms with van der Waals surface area (Å²) in [5.74, 6) is 0.544. The number of aromatic nitrogens is 4. The SMILES string of the molecule is Oc1cc(-c2ccccc2)nn1-c1nncc2ccccc12. The van der Waals surface area contributed by atoms with Gasteiger partial charge in [-0.05, 0) is 0 Å². The molecule has 0 fully saturated rings. The van der Waals surface area contributed by atoms with E-state index in [0.29, 0.717) is 11.5 Å². The molecule has 0 atom stereocenters. The van der Waals surface area contributed by atoms with Crippen LogP contribution >= 0.6 is 0 Å². The van der Waals surface area contributed by atoms with Gasteiger partial charge in [0.15, 0.2) is 5.82 Å². The monoisotopic (exact) mass is 288 g/mol. The third kappa shape index (κ3) is 2.00. The number of benzene rings is 2. The molecule has 1 N–H and O–H groups in total. The van der Waals surface area contributed by atoms with Crippen molar-refractivity contribution < 1.29 is 5.11 Å². The van der Waals surface area contributed by atoms with Crippen molar-refractivity contribution >= 4 is 10.8 Å². The summed E-state index contributed by atoms with van der Waals surface area (Å²) in [6.45, 7) is 0. The predicted octanol–water partition coefficient (Wildman–Crippen LogP) is 3.19. The summed E-state index contributed by atoms with van der Waals surface area (Å²) in [6, 6.07) is 19.1. The van der Waals surface area contributed by atoms with Crippen LogP contribution in [-0.4, -0.2) is 25.1 Å². The van der Waals surface area contributed by atoms with Crippen molar-refractivity contribution in [2.75, 3.05) is 0 Å². The van der Waals surface area contributed by atoms with Crippen LogP contribution in [0.15, 0.2) is 66.9 Å². The van der Waals surface area contributed by atoms with Crippen molar-refractivity contribution in [3.05, 3.63) is 66.9 Å². The second-order valence-corrected chi connectivity index (χ2v) is 4.92. The smallest absolute Gasteiger partial charge is 0.216 e. The van der Waals surface area contributed by atoms with Crippen molar-refractivity contribution in [2.24, 2.45) is 0 Å². The highest BCUT2D eigenvalue weighted by molar-refractivity contribution is 5.87. The summed E-state index contributed by atoms with van der Waals surface area (Å²) in [5, 5.41) is 24.7. The maximum atomic E-state index is 10.2. The molecule has 0 saturated heterocycles. The van der Waals surface area contributed by atoms with Gasteiger partial charge in [-0.25, -0.2) is 0 Å². The van der Waals surface area contributed by atoms with Crippen LogP contribution in [0.2, 0.25) is 0 Å². The molecule has 5 nitrogen and oxygen atoms in total. The topological polar surface area (TPSA) is 63.8 Å². The second-order valence-electron chi connectivity index (χ2n) is 4.92. The summed E-state index contributed by atoms with van der Waals surface area (Å²) in [4.78, 5) is 0. The molecule has 2 aromatic heterocycles. The molecule has 22 heavy (non-hydrogen) atoms. The minimum Gasteiger partial charge on any atom is -0.493 e. The minimum absolute atomic E-state index is 0.0320. The summed E-state index contributed by atoms with van der Waals surface area (Å²) in [6.07, 6.45) is 1.69. The Morgan fingerprint density at radius 2 is 1.68 bits per heavy atom. The lowest BCUT2D eigenvalue weighted by molar-refractivity contribution is 0.432. The van der Waals surface area contributed by atoms with E-state index in [1.807, 2.05) is 54.6 Å². The van der Waals surface area contributed by atoms with Crippen molar-refractivity contribution in [1.82, 2.24) is 20.0 Å². The van der Waals surface area contributed by atoms with Crippen molar-refractivity contribution in [2.45, 2.75) is 0 Å². The van der Waals surface area contributed by atoms with Gasteiger partial charge in [-0.15, -0.1) is 5.10 Å². The van der Waals surface area contributed by atoms with E-state index in [4.69, 9.17) is 0 Å². The summed E-state index contributed by atoms with van der Waals surface area (Å²) in [7, 11) is 0. The molecule has 0 radical (unpaired) electrons. The Kier molecular flexibility index (Phi) is 2.83. The zero-order valence-corrected chi connectivity index (χ0v) is 11.6. The fourth-order valence-corrected chi connectivity index (χ4v) is 2.45. The molecule has 0 bridgehead atoms. The quantitative estimate of drug-likeness (QED) is 0.615. The van der Waals surface area contributed by atoms with Crippen molar-refractivity contribution in [3.8, 4) is 23.0 Å². The Hall–Kier alpha value is -3.21. The third-order valence-corrected chi connectivity index (χ3v) is 3.51. The lowest BCUT2D eigenvalue weighted by Gasteiger charge is -2.05. The first-order valence-electron chi connectivity index (χ1n) is 6.88. The van der Waals surface area contributed by atoms with E-state index < -0.39 is 0 Å². The molecule has 2 heterocycles. The fraction of sp³-hybridized carbons (Fsp3) is 0. The Labute approximate surface area is 126 Å². The molecule has 0 aliphatic heterocycles. The van der Waals surface area contributed by atoms with Gasteiger partial charge in [-0.1, -0.05) is 54.6 Å². The molecule has 4 aromatic rings. The average molecular weight is 288 g/mol. The zero-order chi connectivity index (χ0) is 14.9. The van der Waals surface area contributed by atoms with Crippen LogP contribution in [0, 0.1) is 0 Å². The van der Waals surface area contributed by atoms with Crippen LogP contribution in [0.3, 0.4) is 0 Å². The van der Waals surface area contributed by atoms with Gasteiger partial charge in [0.1, 0.15) is 0 Å². The molecule has 5 heteroatoms. The predicted molar refractivity (Wildman–Crippen MR) is 83.8 cm³/mol. The van der Waals surface area contributed by atoms with Crippen LogP contribution < -0.4 is 0 Å². The van der Waals surface area contributed by atoms with E-state index in [2.05, 4.69) is 15.3 Å². The van der Waals surface area contributed by atoms with Gasteiger partial charge < -0.3 is 5.11 Å². The molecule has 0 amide bonds. The first-order valence-corrected chi connectivity index (χ1v) is 6.88. The molecule has 0 spiro atoms. The van der Waals surface area contributed by atoms with Gasteiger partial charge in [-0.3, -0.25) is 0 Å². The van der Waals surface area contributed by atoms with Gasteiger partial charge in [-0.2, -0.15) is 14.9 Å². The maximum absolute atomic E-state index is 10.2. The van der Waals surface area contributed by atoms with Crippen LogP contribution in [0.25, 0.3) is 27.8 Å². The molecule has 0 unspecified atom stereocenters. The van der Waals surface area contributed by atoms with Gasteiger partial charge in [0.05, 0.1) is 11.9 Å². The van der Waals surface area contributed by atoms with E-state index in [0.717, 1.165) is 16.3 Å². The average Bonchev–Trinajstić information content (AvgIpc) is 2.97. The zero-order valence-electron chi connectivity index (χ0n) is 11.6. The number of rotatable bonds is 2. The number of fused-ring (bicyclic) bond motifs is 1. The lowest BCUT2D eigenvalue weighted by Crippen LogP contribution is -2.02. The minimum atomic E-state index is 0.0320. The van der Waals surface area contributed by atoms with Crippen molar-refractivity contribution in [3.63, 3.8) is 0 Å². The van der Waals surface area contributed by atoms with Gasteiger partial charge >= 0.3 is 0 Å². The Balaban J connectivity index is 1.91. The number of hydrogen-bond acceptors (Lipinski definition) is 4. The number of aromatic hydroxyl groups is 1. The third-order valence-electron chi connectivity index (χ3n) is 3.51. The number of nitrogens with zero attached hydrogens (tertiary/aromatic N) is 4. The lowest BCUT2D eigenvalue weighted by atomic mass is 10.2. The molecule has 0 saturated carbocycles. The highest BCUT2D eigenvalue weighted by Crippen LogP contribution is 2.27. The first kappa shape index (κ1) is 12.5. The Morgan fingerprint density at radius 1 is 0.909 bits per heavy atom. The first-order chi connectivity index (χ1) is 10.8. The second kappa shape index (κ2) is 4.96. The summed E-state index contributed by atoms with van der Waals surface area (Å²) < 4.78 is 1.41. The number of hydrogen-bond donors (Lipinski definition) is 1. The van der Waals surface area contributed by atoms with E-state index in [1.54, 1.807) is 12.3 Å². The maximum Gasteiger partial charge on any atom is 0.216 e. The van der Waals surface area contributed by atoms with Gasteiger partial charge in [0.2, 0.25) is 5.88 Å². The standard InChI is InChI=1S/C17H12N4O/c22-16-10-15(12-6-2-1-3-7-12)20-21(16)17-14-9-5-4-8-13(14)11-18-19-17/h1-11,22H. The van der Waals surface area contributed by atoms with E-state index in [-0.39, 0.29) is 5.88 Å². The molecule has 0 aliphatic carbocycles. The summed E-state index contributed by atoms with van der Waals surface area (Å²) >= 11 is 0. The Morgan fingerprint density at radius 3 is 2.55 bits per heavy atom. The van der Waals surface area contributed by atoms with Crippen molar-refractivity contribution in [1.29, 1.82) is 0 Å². The fourth-order valence-electron chi connectivity index (χ4n) is 2.45.